The molecule has 0 bridgehead atoms. The van der Waals surface area contributed by atoms with Crippen LogP contribution in [0.4, 0.5) is 8.78 Å². The molecule has 0 aliphatic carbocycles. The van der Waals surface area contributed by atoms with Crippen molar-refractivity contribution in [3.8, 4) is 5.75 Å². The second-order valence-electron chi connectivity index (χ2n) is 5.07. The number of ether oxygens (including phenoxy) is 1. The molecule has 0 saturated carbocycles. The van der Waals surface area contributed by atoms with Gasteiger partial charge in [-0.05, 0) is 61.3 Å². The van der Waals surface area contributed by atoms with Crippen molar-refractivity contribution in [1.82, 2.24) is 5.32 Å². The van der Waals surface area contributed by atoms with Gasteiger partial charge in [0, 0.05) is 0 Å². The summed E-state index contributed by atoms with van der Waals surface area (Å²) < 4.78 is 31.9. The number of hydrogen-bond donors (Lipinski definition) is 1. The third-order valence-electron chi connectivity index (χ3n) is 3.66. The summed E-state index contributed by atoms with van der Waals surface area (Å²) in [5.74, 6) is -0.858. The Kier molecular flexibility index (Phi) is 4.58. The normalized spacial score (nSPS) is 12.3. The standard InChI is InChI=1S/C17H19F2NO/c1-10-8-16(21-4)11(2)7-13(10)17(20-3)12-5-6-14(18)15(19)9-12/h5-9,17,20H,1-4H3. The number of methoxy groups -OCH3 is 1. The van der Waals surface area contributed by atoms with E-state index in [9.17, 15) is 8.78 Å². The van der Waals surface area contributed by atoms with Crippen LogP contribution in [0.15, 0.2) is 30.3 Å². The van der Waals surface area contributed by atoms with Gasteiger partial charge >= 0.3 is 0 Å². The third kappa shape index (κ3) is 3.05. The van der Waals surface area contributed by atoms with Crippen LogP contribution in [-0.4, -0.2) is 14.2 Å². The zero-order valence-corrected chi connectivity index (χ0v) is 12.6. The summed E-state index contributed by atoms with van der Waals surface area (Å²) in [6.07, 6.45) is 0. The van der Waals surface area contributed by atoms with E-state index in [1.807, 2.05) is 26.0 Å². The predicted octanol–water partition coefficient (Wildman–Crippen LogP) is 3.90. The number of rotatable bonds is 4. The summed E-state index contributed by atoms with van der Waals surface area (Å²) in [5.41, 5.74) is 3.73. The smallest absolute Gasteiger partial charge is 0.159 e. The first kappa shape index (κ1) is 15.4. The topological polar surface area (TPSA) is 21.3 Å². The van der Waals surface area contributed by atoms with Gasteiger partial charge in [0.2, 0.25) is 0 Å². The van der Waals surface area contributed by atoms with Gasteiger partial charge < -0.3 is 10.1 Å². The van der Waals surface area contributed by atoms with Gasteiger partial charge in [0.05, 0.1) is 13.2 Å². The summed E-state index contributed by atoms with van der Waals surface area (Å²) >= 11 is 0. The lowest BCUT2D eigenvalue weighted by Gasteiger charge is -2.21. The molecule has 4 heteroatoms. The highest BCUT2D eigenvalue weighted by atomic mass is 19.2. The van der Waals surface area contributed by atoms with Gasteiger partial charge in [-0.3, -0.25) is 0 Å². The number of hydrogen-bond acceptors (Lipinski definition) is 2. The third-order valence-corrected chi connectivity index (χ3v) is 3.66. The minimum absolute atomic E-state index is 0.204. The highest BCUT2D eigenvalue weighted by molar-refractivity contribution is 5.45. The Morgan fingerprint density at radius 3 is 2.29 bits per heavy atom. The van der Waals surface area contributed by atoms with Crippen molar-refractivity contribution in [2.24, 2.45) is 0 Å². The van der Waals surface area contributed by atoms with Gasteiger partial charge in [-0.2, -0.15) is 0 Å². The lowest BCUT2D eigenvalue weighted by Crippen LogP contribution is -2.19. The monoisotopic (exact) mass is 291 g/mol. The van der Waals surface area contributed by atoms with Crippen LogP contribution in [0.25, 0.3) is 0 Å². The predicted molar refractivity (Wildman–Crippen MR) is 79.7 cm³/mol. The minimum atomic E-state index is -0.837. The van der Waals surface area contributed by atoms with Crippen molar-refractivity contribution in [3.05, 3.63) is 64.2 Å². The summed E-state index contributed by atoms with van der Waals surface area (Å²) in [6.45, 7) is 3.93. The molecule has 2 aromatic rings. The molecule has 0 aromatic heterocycles. The fraction of sp³-hybridized carbons (Fsp3) is 0.294. The lowest BCUT2D eigenvalue weighted by atomic mass is 9.93. The Hall–Kier alpha value is -1.94. The highest BCUT2D eigenvalue weighted by Crippen LogP contribution is 2.30. The molecule has 2 nitrogen and oxygen atoms in total. The molecule has 0 fully saturated rings. The molecule has 0 radical (unpaired) electrons. The number of nitrogens with one attached hydrogen (secondary N) is 1. The zero-order valence-electron chi connectivity index (χ0n) is 12.6. The van der Waals surface area contributed by atoms with E-state index in [0.717, 1.165) is 28.5 Å². The van der Waals surface area contributed by atoms with Gasteiger partial charge in [0.1, 0.15) is 5.75 Å². The van der Waals surface area contributed by atoms with Crippen molar-refractivity contribution >= 4 is 0 Å². The first-order valence-corrected chi connectivity index (χ1v) is 6.75. The Labute approximate surface area is 123 Å². The van der Waals surface area contributed by atoms with Gasteiger partial charge in [-0.25, -0.2) is 8.78 Å². The summed E-state index contributed by atoms with van der Waals surface area (Å²) in [7, 11) is 3.43. The molecule has 2 rings (SSSR count). The molecule has 0 saturated heterocycles. The molecule has 1 unspecified atom stereocenters. The fourth-order valence-corrected chi connectivity index (χ4v) is 2.54. The van der Waals surface area contributed by atoms with E-state index < -0.39 is 11.6 Å². The molecule has 112 valence electrons. The quantitative estimate of drug-likeness (QED) is 0.922. The van der Waals surface area contributed by atoms with E-state index in [-0.39, 0.29) is 6.04 Å². The SMILES string of the molecule is CNC(c1ccc(F)c(F)c1)c1cc(C)c(OC)cc1C. The molecule has 0 aliphatic heterocycles. The van der Waals surface area contributed by atoms with Gasteiger partial charge in [0.25, 0.3) is 0 Å². The van der Waals surface area contributed by atoms with Crippen LogP contribution in [-0.2, 0) is 0 Å². The van der Waals surface area contributed by atoms with Crippen LogP contribution in [0.3, 0.4) is 0 Å². The Morgan fingerprint density at radius 1 is 1.00 bits per heavy atom. The number of aryl methyl sites for hydroxylation is 2. The van der Waals surface area contributed by atoms with Crippen LogP contribution in [0.2, 0.25) is 0 Å². The molecule has 0 heterocycles. The minimum Gasteiger partial charge on any atom is -0.496 e. The zero-order chi connectivity index (χ0) is 15.6. The summed E-state index contributed by atoms with van der Waals surface area (Å²) in [4.78, 5) is 0. The average Bonchev–Trinajstić information content (AvgIpc) is 2.46. The Balaban J connectivity index is 2.50. The number of halogens is 2. The van der Waals surface area contributed by atoms with Crippen LogP contribution in [0.5, 0.6) is 5.75 Å². The van der Waals surface area contributed by atoms with Crippen molar-refractivity contribution < 1.29 is 13.5 Å². The molecule has 1 N–H and O–H groups in total. The van der Waals surface area contributed by atoms with E-state index in [1.54, 1.807) is 20.2 Å². The van der Waals surface area contributed by atoms with E-state index in [0.29, 0.717) is 5.56 Å². The van der Waals surface area contributed by atoms with Crippen LogP contribution < -0.4 is 10.1 Å². The van der Waals surface area contributed by atoms with Crippen LogP contribution >= 0.6 is 0 Å². The molecular weight excluding hydrogens is 272 g/mol. The van der Waals surface area contributed by atoms with Gasteiger partial charge in [0.15, 0.2) is 11.6 Å². The van der Waals surface area contributed by atoms with Crippen LogP contribution in [0, 0.1) is 25.5 Å². The molecule has 0 aliphatic rings. The molecular formula is C17H19F2NO. The van der Waals surface area contributed by atoms with Crippen LogP contribution in [0.1, 0.15) is 28.3 Å². The van der Waals surface area contributed by atoms with E-state index in [2.05, 4.69) is 5.32 Å². The van der Waals surface area contributed by atoms with E-state index in [4.69, 9.17) is 4.74 Å². The Morgan fingerprint density at radius 2 is 1.71 bits per heavy atom. The summed E-state index contributed by atoms with van der Waals surface area (Å²) in [5, 5.41) is 3.16. The maximum Gasteiger partial charge on any atom is 0.159 e. The first-order chi connectivity index (χ1) is 9.97. The second kappa shape index (κ2) is 6.22. The largest absolute Gasteiger partial charge is 0.496 e. The maximum absolute atomic E-state index is 13.5. The molecule has 0 amide bonds. The number of benzene rings is 2. The molecule has 1 atom stereocenters. The van der Waals surface area contributed by atoms with E-state index >= 15 is 0 Å². The van der Waals surface area contributed by atoms with Gasteiger partial charge in [-0.1, -0.05) is 12.1 Å². The first-order valence-electron chi connectivity index (χ1n) is 6.75. The molecule has 2 aromatic carbocycles. The molecule has 0 spiro atoms. The lowest BCUT2D eigenvalue weighted by molar-refractivity contribution is 0.411. The van der Waals surface area contributed by atoms with E-state index in [1.165, 1.54) is 6.07 Å². The highest BCUT2D eigenvalue weighted by Gasteiger charge is 2.17. The Bertz CT molecular complexity index is 655. The maximum atomic E-state index is 13.5. The average molecular weight is 291 g/mol. The van der Waals surface area contributed by atoms with Gasteiger partial charge in [-0.15, -0.1) is 0 Å². The summed E-state index contributed by atoms with van der Waals surface area (Å²) in [6, 6.07) is 7.74. The van der Waals surface area contributed by atoms with Crippen molar-refractivity contribution in [3.63, 3.8) is 0 Å². The van der Waals surface area contributed by atoms with Crippen molar-refractivity contribution in [1.29, 1.82) is 0 Å². The van der Waals surface area contributed by atoms with Crippen molar-refractivity contribution in [2.75, 3.05) is 14.2 Å². The fourth-order valence-electron chi connectivity index (χ4n) is 2.54. The second-order valence-corrected chi connectivity index (χ2v) is 5.07. The van der Waals surface area contributed by atoms with Crippen molar-refractivity contribution in [2.45, 2.75) is 19.9 Å². The molecule has 21 heavy (non-hydrogen) atoms.